The lowest BCUT2D eigenvalue weighted by Gasteiger charge is -2.46. The van der Waals surface area contributed by atoms with Crippen molar-refractivity contribution in [1.82, 2.24) is 9.21 Å². The first-order valence-corrected chi connectivity index (χ1v) is 18.7. The van der Waals surface area contributed by atoms with E-state index in [1.165, 1.54) is 40.7 Å². The summed E-state index contributed by atoms with van der Waals surface area (Å²) in [5.74, 6) is -2.46. The van der Waals surface area contributed by atoms with Crippen LogP contribution in [-0.2, 0) is 26.0 Å². The number of hydrogen-bond acceptors (Lipinski definition) is 5. The molecule has 52 heavy (non-hydrogen) atoms. The van der Waals surface area contributed by atoms with Gasteiger partial charge < -0.3 is 15.0 Å². The first-order valence-electron chi connectivity index (χ1n) is 17.3. The third kappa shape index (κ3) is 8.34. The van der Waals surface area contributed by atoms with Crippen molar-refractivity contribution in [3.8, 4) is 0 Å². The summed E-state index contributed by atoms with van der Waals surface area (Å²) in [4.78, 5) is 28.6. The molecule has 2 amide bonds. The standard InChI is InChI=1S/C40H42F3N3O5S/c1-39(2,3)51-38(48)45-25-31(46(40(26-45)22-23-40)52(49,50)32-8-5-4-6-9-32)20-21-33-35(43)10-7-11-36(33)44-37(47)24-34(27-12-16-29(41)17-13-27)28-14-18-30(42)19-15-28/h4-19,31,34H,20-26H2,1-3H3,(H,44,47)/t31-/m0/s1. The molecule has 2 aliphatic rings. The molecule has 12 heteroatoms. The number of nitrogens with zero attached hydrogens (tertiary/aromatic N) is 2. The molecule has 1 saturated carbocycles. The van der Waals surface area contributed by atoms with Gasteiger partial charge in [-0.05, 0) is 106 Å². The fraction of sp³-hybridized carbons (Fsp3) is 0.350. The molecule has 4 aromatic rings. The Morgan fingerprint density at radius 3 is 2.02 bits per heavy atom. The zero-order chi connectivity index (χ0) is 37.3. The second-order valence-electron chi connectivity index (χ2n) is 14.6. The summed E-state index contributed by atoms with van der Waals surface area (Å²) in [6, 6.07) is 23.2. The summed E-state index contributed by atoms with van der Waals surface area (Å²) in [5, 5.41) is 2.84. The van der Waals surface area contributed by atoms with Crippen molar-refractivity contribution >= 4 is 27.7 Å². The number of piperazine rings is 1. The molecular formula is C40H42F3N3O5S. The number of hydrogen-bond donors (Lipinski definition) is 1. The first kappa shape index (κ1) is 37.1. The minimum atomic E-state index is -4.01. The number of carbonyl (C=O) groups is 2. The van der Waals surface area contributed by atoms with Crippen LogP contribution in [0.1, 0.15) is 69.1 Å². The summed E-state index contributed by atoms with van der Waals surface area (Å²) in [5.41, 5.74) is 0.110. The predicted molar refractivity (Wildman–Crippen MR) is 192 cm³/mol. The van der Waals surface area contributed by atoms with E-state index in [9.17, 15) is 26.8 Å². The highest BCUT2D eigenvalue weighted by Gasteiger charge is 2.60. The maximum atomic E-state index is 15.6. The van der Waals surface area contributed by atoms with Gasteiger partial charge in [-0.25, -0.2) is 26.4 Å². The molecule has 2 fully saturated rings. The SMILES string of the molecule is CC(C)(C)OC(=O)N1C[C@H](CCc2c(F)cccc2NC(=O)CC(c2ccc(F)cc2)c2ccc(F)cc2)N(S(=O)(=O)c2ccccc2)C2(CC2)C1. The lowest BCUT2D eigenvalue weighted by molar-refractivity contribution is -0.116. The van der Waals surface area contributed by atoms with E-state index in [1.54, 1.807) is 86.3 Å². The quantitative estimate of drug-likeness (QED) is 0.178. The summed E-state index contributed by atoms with van der Waals surface area (Å²) < 4.78 is 78.8. The van der Waals surface area contributed by atoms with E-state index in [-0.39, 0.29) is 48.5 Å². The fourth-order valence-corrected chi connectivity index (χ4v) is 9.05. The molecule has 1 heterocycles. The molecule has 1 atom stereocenters. The Balaban J connectivity index is 1.26. The molecule has 8 nitrogen and oxygen atoms in total. The van der Waals surface area contributed by atoms with E-state index in [2.05, 4.69) is 5.32 Å². The number of anilines is 1. The van der Waals surface area contributed by atoms with Crippen molar-refractivity contribution in [2.45, 2.75) is 80.9 Å². The highest BCUT2D eigenvalue weighted by molar-refractivity contribution is 7.89. The molecule has 4 aromatic carbocycles. The van der Waals surface area contributed by atoms with Crippen LogP contribution in [0, 0.1) is 17.5 Å². The first-order chi connectivity index (χ1) is 24.6. The average molecular weight is 734 g/mol. The van der Waals surface area contributed by atoms with Crippen molar-refractivity contribution < 1.29 is 35.9 Å². The Labute approximate surface area is 302 Å². The molecule has 1 N–H and O–H groups in total. The second kappa shape index (κ2) is 14.7. The van der Waals surface area contributed by atoms with Crippen LogP contribution < -0.4 is 5.32 Å². The zero-order valence-electron chi connectivity index (χ0n) is 29.3. The average Bonchev–Trinajstić information content (AvgIpc) is 3.85. The van der Waals surface area contributed by atoms with Crippen molar-refractivity contribution in [3.63, 3.8) is 0 Å². The smallest absolute Gasteiger partial charge is 0.410 e. The van der Waals surface area contributed by atoms with E-state index in [0.717, 1.165) is 0 Å². The Morgan fingerprint density at radius 2 is 1.46 bits per heavy atom. The number of ether oxygens (including phenoxy) is 1. The lowest BCUT2D eigenvalue weighted by Crippen LogP contribution is -2.63. The predicted octanol–water partition coefficient (Wildman–Crippen LogP) is 8.04. The van der Waals surface area contributed by atoms with Crippen molar-refractivity contribution in [2.24, 2.45) is 0 Å². The summed E-state index contributed by atoms with van der Waals surface area (Å²) in [6.45, 7) is 5.51. The van der Waals surface area contributed by atoms with Gasteiger partial charge in [-0.3, -0.25) is 4.79 Å². The largest absolute Gasteiger partial charge is 0.444 e. The molecule has 0 radical (unpaired) electrons. The third-order valence-electron chi connectivity index (χ3n) is 9.55. The van der Waals surface area contributed by atoms with Crippen molar-refractivity contribution in [3.05, 3.63) is 131 Å². The van der Waals surface area contributed by atoms with E-state index in [0.29, 0.717) is 24.0 Å². The molecule has 0 unspecified atom stereocenters. The fourth-order valence-electron chi connectivity index (χ4n) is 7.01. The number of nitrogens with one attached hydrogen (secondary N) is 1. The molecule has 1 saturated heterocycles. The molecule has 1 aliphatic carbocycles. The van der Waals surface area contributed by atoms with Gasteiger partial charge in [0.25, 0.3) is 0 Å². The third-order valence-corrected chi connectivity index (χ3v) is 11.6. The number of benzene rings is 4. The normalized spacial score (nSPS) is 17.3. The van der Waals surface area contributed by atoms with Gasteiger partial charge in [0.2, 0.25) is 15.9 Å². The van der Waals surface area contributed by atoms with Gasteiger partial charge in [0.05, 0.1) is 10.4 Å². The van der Waals surface area contributed by atoms with Crippen LogP contribution in [0.15, 0.2) is 102 Å². The Morgan fingerprint density at radius 1 is 0.865 bits per heavy atom. The van der Waals surface area contributed by atoms with Gasteiger partial charge in [-0.2, -0.15) is 4.31 Å². The Bertz CT molecular complexity index is 1970. The minimum Gasteiger partial charge on any atom is -0.444 e. The molecule has 0 bridgehead atoms. The van der Waals surface area contributed by atoms with Crippen LogP contribution in [0.5, 0.6) is 0 Å². The van der Waals surface area contributed by atoms with Crippen molar-refractivity contribution in [1.29, 1.82) is 0 Å². The molecule has 274 valence electrons. The minimum absolute atomic E-state index is 0.0376. The number of carbonyl (C=O) groups excluding carboxylic acids is 2. The van der Waals surface area contributed by atoms with Crippen LogP contribution in [0.4, 0.5) is 23.7 Å². The van der Waals surface area contributed by atoms with Crippen LogP contribution in [0.25, 0.3) is 0 Å². The van der Waals surface area contributed by atoms with Gasteiger partial charge in [0, 0.05) is 42.7 Å². The van der Waals surface area contributed by atoms with Crippen LogP contribution >= 0.6 is 0 Å². The Kier molecular flexibility index (Phi) is 10.5. The molecule has 0 aromatic heterocycles. The monoisotopic (exact) mass is 733 g/mol. The highest BCUT2D eigenvalue weighted by atomic mass is 32.2. The van der Waals surface area contributed by atoms with Crippen LogP contribution in [0.3, 0.4) is 0 Å². The maximum Gasteiger partial charge on any atom is 0.410 e. The molecule has 1 spiro atoms. The summed E-state index contributed by atoms with van der Waals surface area (Å²) in [7, 11) is -4.01. The topological polar surface area (TPSA) is 96.0 Å². The number of amides is 2. The van der Waals surface area contributed by atoms with Gasteiger partial charge in [-0.15, -0.1) is 0 Å². The van der Waals surface area contributed by atoms with Crippen LogP contribution in [0.2, 0.25) is 0 Å². The highest BCUT2D eigenvalue weighted by Crippen LogP contribution is 2.49. The van der Waals surface area contributed by atoms with E-state index < -0.39 is 62.6 Å². The van der Waals surface area contributed by atoms with Gasteiger partial charge >= 0.3 is 6.09 Å². The van der Waals surface area contributed by atoms with Crippen molar-refractivity contribution in [2.75, 3.05) is 18.4 Å². The maximum absolute atomic E-state index is 15.6. The summed E-state index contributed by atoms with van der Waals surface area (Å²) >= 11 is 0. The van der Waals surface area contributed by atoms with E-state index in [1.807, 2.05) is 0 Å². The number of rotatable bonds is 10. The van der Waals surface area contributed by atoms with Crippen LogP contribution in [-0.4, -0.2) is 59.9 Å². The Hall–Kier alpha value is -4.68. The number of halogens is 3. The molecule has 1 aliphatic heterocycles. The zero-order valence-corrected chi connectivity index (χ0v) is 30.1. The van der Waals surface area contributed by atoms with Gasteiger partial charge in [0.15, 0.2) is 0 Å². The second-order valence-corrected chi connectivity index (χ2v) is 16.4. The lowest BCUT2D eigenvalue weighted by atomic mass is 9.88. The van der Waals surface area contributed by atoms with E-state index in [4.69, 9.17) is 4.74 Å². The molecule has 6 rings (SSSR count). The van der Waals surface area contributed by atoms with Gasteiger partial charge in [0.1, 0.15) is 23.1 Å². The van der Waals surface area contributed by atoms with E-state index >= 15 is 4.39 Å². The molecular weight excluding hydrogens is 692 g/mol. The summed E-state index contributed by atoms with van der Waals surface area (Å²) in [6.07, 6.45) is 0.650. The number of sulfonamides is 1. The van der Waals surface area contributed by atoms with Gasteiger partial charge in [-0.1, -0.05) is 48.5 Å².